The highest BCUT2D eigenvalue weighted by Gasteiger charge is 2.29. The van der Waals surface area contributed by atoms with Crippen molar-refractivity contribution in [3.63, 3.8) is 0 Å². The number of methoxy groups -OCH3 is 1. The third kappa shape index (κ3) is 4.01. The lowest BCUT2D eigenvalue weighted by Gasteiger charge is -2.39. The Morgan fingerprint density at radius 1 is 1.17 bits per heavy atom. The van der Waals surface area contributed by atoms with Crippen LogP contribution in [-0.2, 0) is 13.1 Å². The number of hydrogen-bond acceptors (Lipinski definition) is 5. The van der Waals surface area contributed by atoms with Gasteiger partial charge in [-0.25, -0.2) is 4.98 Å². The Balaban J connectivity index is 1.71. The molecule has 1 aromatic carbocycles. The van der Waals surface area contributed by atoms with Crippen LogP contribution in [0.15, 0.2) is 40.7 Å². The Morgan fingerprint density at radius 2 is 2.00 bits per heavy atom. The molecule has 30 heavy (non-hydrogen) atoms. The Hall–Kier alpha value is -2.60. The van der Waals surface area contributed by atoms with Gasteiger partial charge in [-0.15, -0.1) is 0 Å². The number of fused-ring (bicyclic) bond motifs is 1. The molecule has 0 saturated carbocycles. The van der Waals surface area contributed by atoms with Crippen LogP contribution in [-0.4, -0.2) is 34.8 Å². The largest absolute Gasteiger partial charge is 0.495 e. The van der Waals surface area contributed by atoms with Crippen molar-refractivity contribution in [2.24, 2.45) is 0 Å². The van der Waals surface area contributed by atoms with Crippen LogP contribution < -0.4 is 15.2 Å². The van der Waals surface area contributed by atoms with Crippen molar-refractivity contribution in [1.29, 1.82) is 0 Å². The van der Waals surface area contributed by atoms with Crippen molar-refractivity contribution in [2.45, 2.75) is 59.0 Å². The topological polar surface area (TPSA) is 50.6 Å². The highest BCUT2D eigenvalue weighted by molar-refractivity contribution is 5.66. The van der Waals surface area contributed by atoms with Crippen LogP contribution in [0.5, 0.6) is 5.75 Å². The van der Waals surface area contributed by atoms with E-state index in [9.17, 15) is 4.79 Å². The van der Waals surface area contributed by atoms with Gasteiger partial charge in [-0.2, -0.15) is 0 Å². The molecule has 160 valence electrons. The molecule has 1 aliphatic heterocycles. The fourth-order valence-electron chi connectivity index (χ4n) is 4.55. The van der Waals surface area contributed by atoms with Gasteiger partial charge in [-0.05, 0) is 57.6 Å². The summed E-state index contributed by atoms with van der Waals surface area (Å²) in [6, 6.07) is 7.95. The molecule has 2 aromatic rings. The summed E-state index contributed by atoms with van der Waals surface area (Å²) >= 11 is 0. The molecule has 0 amide bonds. The lowest BCUT2D eigenvalue weighted by Crippen LogP contribution is -2.48. The van der Waals surface area contributed by atoms with E-state index in [0.29, 0.717) is 25.7 Å². The number of rotatable bonds is 6. The van der Waals surface area contributed by atoms with Gasteiger partial charge in [-0.1, -0.05) is 30.7 Å². The van der Waals surface area contributed by atoms with Crippen LogP contribution in [0.2, 0.25) is 0 Å². The number of ether oxygens (including phenoxy) is 1. The number of aromatic nitrogens is 2. The molecule has 0 radical (unpaired) electrons. The first kappa shape index (κ1) is 20.7. The quantitative estimate of drug-likeness (QED) is 0.664. The zero-order chi connectivity index (χ0) is 21.1. The van der Waals surface area contributed by atoms with E-state index in [2.05, 4.69) is 15.9 Å². The molecule has 0 saturated heterocycles. The zero-order valence-electron chi connectivity index (χ0n) is 18.4. The molecule has 0 N–H and O–H groups in total. The van der Waals surface area contributed by atoms with Gasteiger partial charge in [0.1, 0.15) is 5.75 Å². The Labute approximate surface area is 178 Å². The summed E-state index contributed by atoms with van der Waals surface area (Å²) in [5.74, 6) is 1.49. The van der Waals surface area contributed by atoms with Crippen LogP contribution in [0.3, 0.4) is 0 Å². The molecule has 0 spiro atoms. The predicted molar refractivity (Wildman–Crippen MR) is 120 cm³/mol. The van der Waals surface area contributed by atoms with Gasteiger partial charge in [0.05, 0.1) is 26.1 Å². The van der Waals surface area contributed by atoms with Crippen molar-refractivity contribution in [1.82, 2.24) is 14.5 Å². The number of aryl methyl sites for hydroxylation is 1. The number of para-hydroxylation sites is 2. The maximum atomic E-state index is 13.3. The highest BCUT2D eigenvalue weighted by Crippen LogP contribution is 2.35. The van der Waals surface area contributed by atoms with Crippen molar-refractivity contribution >= 4 is 11.6 Å². The molecule has 0 fully saturated rings. The second-order valence-corrected chi connectivity index (χ2v) is 8.20. The van der Waals surface area contributed by atoms with Crippen LogP contribution in [0.25, 0.3) is 0 Å². The third-order valence-corrected chi connectivity index (χ3v) is 6.24. The molecule has 6 heteroatoms. The minimum Gasteiger partial charge on any atom is -0.495 e. The van der Waals surface area contributed by atoms with E-state index >= 15 is 0 Å². The SMILES string of the molecule is CCc1c(C)nc2n(c1=O)CN(CCC1=CCCCC1)CN2c1ccccc1OC. The molecule has 4 rings (SSSR count). The van der Waals surface area contributed by atoms with Gasteiger partial charge in [-0.3, -0.25) is 19.2 Å². The lowest BCUT2D eigenvalue weighted by atomic mass is 9.97. The second kappa shape index (κ2) is 9.04. The van der Waals surface area contributed by atoms with E-state index in [0.717, 1.165) is 35.7 Å². The first-order valence-corrected chi connectivity index (χ1v) is 11.0. The van der Waals surface area contributed by atoms with Crippen LogP contribution in [0.4, 0.5) is 11.6 Å². The van der Waals surface area contributed by atoms with Crippen molar-refractivity contribution in [3.05, 3.63) is 57.5 Å². The average Bonchev–Trinajstić information content (AvgIpc) is 2.78. The van der Waals surface area contributed by atoms with Crippen LogP contribution >= 0.6 is 0 Å². The first-order valence-electron chi connectivity index (χ1n) is 11.0. The molecular formula is C24H32N4O2. The summed E-state index contributed by atoms with van der Waals surface area (Å²) in [5, 5.41) is 0. The molecule has 6 nitrogen and oxygen atoms in total. The Morgan fingerprint density at radius 3 is 2.73 bits per heavy atom. The minimum atomic E-state index is 0.0708. The highest BCUT2D eigenvalue weighted by atomic mass is 16.5. The van der Waals surface area contributed by atoms with Gasteiger partial charge in [0.15, 0.2) is 0 Å². The van der Waals surface area contributed by atoms with Crippen molar-refractivity contribution in [2.75, 3.05) is 25.2 Å². The van der Waals surface area contributed by atoms with Crippen LogP contribution in [0, 0.1) is 6.92 Å². The normalized spacial score (nSPS) is 16.9. The minimum absolute atomic E-state index is 0.0708. The number of nitrogens with zero attached hydrogens (tertiary/aromatic N) is 4. The average molecular weight is 409 g/mol. The predicted octanol–water partition coefficient (Wildman–Crippen LogP) is 4.38. The number of hydrogen-bond donors (Lipinski definition) is 0. The molecule has 0 bridgehead atoms. The summed E-state index contributed by atoms with van der Waals surface area (Å²) in [4.78, 5) is 22.6. The second-order valence-electron chi connectivity index (χ2n) is 8.20. The summed E-state index contributed by atoms with van der Waals surface area (Å²) in [5.41, 5.74) is 4.18. The molecule has 0 atom stereocenters. The Bertz CT molecular complexity index is 995. The van der Waals surface area contributed by atoms with E-state index in [1.165, 1.54) is 25.7 Å². The number of benzene rings is 1. The maximum Gasteiger partial charge on any atom is 0.259 e. The number of allylic oxidation sites excluding steroid dienone is 1. The summed E-state index contributed by atoms with van der Waals surface area (Å²) in [6.45, 7) is 6.15. The monoisotopic (exact) mass is 408 g/mol. The molecule has 1 aliphatic carbocycles. The summed E-state index contributed by atoms with van der Waals surface area (Å²) in [6.07, 6.45) is 9.18. The smallest absolute Gasteiger partial charge is 0.259 e. The lowest BCUT2D eigenvalue weighted by molar-refractivity contribution is 0.199. The van der Waals surface area contributed by atoms with E-state index in [-0.39, 0.29) is 5.56 Å². The molecular weight excluding hydrogens is 376 g/mol. The molecule has 2 aliphatic rings. The van der Waals surface area contributed by atoms with E-state index in [4.69, 9.17) is 9.72 Å². The zero-order valence-corrected chi connectivity index (χ0v) is 18.4. The first-order chi connectivity index (χ1) is 14.6. The molecule has 0 unspecified atom stereocenters. The number of anilines is 2. The summed E-state index contributed by atoms with van der Waals surface area (Å²) in [7, 11) is 1.68. The van der Waals surface area contributed by atoms with E-state index in [1.54, 1.807) is 12.7 Å². The van der Waals surface area contributed by atoms with Crippen molar-refractivity contribution < 1.29 is 4.74 Å². The van der Waals surface area contributed by atoms with Gasteiger partial charge >= 0.3 is 0 Å². The molecule has 2 heterocycles. The third-order valence-electron chi connectivity index (χ3n) is 6.24. The van der Waals surface area contributed by atoms with Gasteiger partial charge < -0.3 is 4.74 Å². The fourth-order valence-corrected chi connectivity index (χ4v) is 4.55. The maximum absolute atomic E-state index is 13.3. The van der Waals surface area contributed by atoms with Gasteiger partial charge in [0.25, 0.3) is 5.56 Å². The van der Waals surface area contributed by atoms with E-state index < -0.39 is 0 Å². The fraction of sp³-hybridized carbons (Fsp3) is 0.500. The van der Waals surface area contributed by atoms with Crippen LogP contribution in [0.1, 0.15) is 50.3 Å². The van der Waals surface area contributed by atoms with Crippen molar-refractivity contribution in [3.8, 4) is 5.75 Å². The molecule has 1 aromatic heterocycles. The van der Waals surface area contributed by atoms with Gasteiger partial charge in [0, 0.05) is 17.8 Å². The van der Waals surface area contributed by atoms with Gasteiger partial charge in [0.2, 0.25) is 5.95 Å². The standard InChI is InChI=1S/C24H32N4O2/c1-4-20-18(2)25-24-27(21-12-8-9-13-22(21)30-3)16-26(17-28(24)23(20)29)15-14-19-10-6-5-7-11-19/h8-10,12-13H,4-7,11,14-17H2,1-3H3. The Kier molecular flexibility index (Phi) is 6.23. The van der Waals surface area contributed by atoms with E-state index in [1.807, 2.05) is 42.7 Å². The summed E-state index contributed by atoms with van der Waals surface area (Å²) < 4.78 is 7.46.